The van der Waals surface area contributed by atoms with Crippen LogP contribution in [-0.2, 0) is 28.6 Å². The number of hydrogen-bond donors (Lipinski definition) is 0. The Kier molecular flexibility index (Phi) is 51.5. The number of rotatable bonds is 54. The molecule has 0 aliphatic rings. The molecule has 6 heteroatoms. The predicted molar refractivity (Wildman–Crippen MR) is 284 cm³/mol. The van der Waals surface area contributed by atoms with E-state index in [9.17, 15) is 14.4 Å². The highest BCUT2D eigenvalue weighted by molar-refractivity contribution is 5.71. The molecule has 0 aliphatic heterocycles. The topological polar surface area (TPSA) is 78.9 Å². The van der Waals surface area contributed by atoms with Crippen molar-refractivity contribution < 1.29 is 28.6 Å². The van der Waals surface area contributed by atoms with E-state index in [2.05, 4.69) is 34.6 Å². The van der Waals surface area contributed by atoms with Gasteiger partial charge in [0.2, 0.25) is 0 Å². The summed E-state index contributed by atoms with van der Waals surface area (Å²) < 4.78 is 16.9. The van der Waals surface area contributed by atoms with E-state index in [1.165, 1.54) is 225 Å². The lowest BCUT2D eigenvalue weighted by Gasteiger charge is -2.18. The Balaban J connectivity index is 4.22. The number of ether oxygens (including phenoxy) is 3. The fourth-order valence-electron chi connectivity index (χ4n) is 9.23. The number of carbonyl (C=O) groups excluding carboxylic acids is 3. The first-order valence-electron chi connectivity index (χ1n) is 29.7. The first-order valence-corrected chi connectivity index (χ1v) is 29.7. The summed E-state index contributed by atoms with van der Waals surface area (Å²) >= 11 is 0. The minimum atomic E-state index is -0.763. The quantitative estimate of drug-likeness (QED) is 0.0343. The van der Waals surface area contributed by atoms with Gasteiger partial charge in [0.15, 0.2) is 6.10 Å². The normalized spacial score (nSPS) is 12.0. The largest absolute Gasteiger partial charge is 0.462 e. The van der Waals surface area contributed by atoms with Crippen molar-refractivity contribution in [2.45, 2.75) is 343 Å². The molecule has 0 saturated carbocycles. The van der Waals surface area contributed by atoms with Gasteiger partial charge in [-0.2, -0.15) is 0 Å². The summed E-state index contributed by atoms with van der Waals surface area (Å²) in [5, 5.41) is 0. The van der Waals surface area contributed by atoms with Gasteiger partial charge in [0.1, 0.15) is 13.2 Å². The van der Waals surface area contributed by atoms with Gasteiger partial charge in [-0.15, -0.1) is 0 Å². The van der Waals surface area contributed by atoms with Gasteiger partial charge in [-0.25, -0.2) is 0 Å². The molecule has 0 rings (SSSR count). The molecular formula is C60H116O6. The second-order valence-electron chi connectivity index (χ2n) is 21.6. The van der Waals surface area contributed by atoms with Crippen LogP contribution >= 0.6 is 0 Å². The minimum Gasteiger partial charge on any atom is -0.462 e. The van der Waals surface area contributed by atoms with Crippen LogP contribution in [0.15, 0.2) is 0 Å². The summed E-state index contributed by atoms with van der Waals surface area (Å²) in [6.45, 7) is 11.4. The molecule has 0 amide bonds. The molecule has 0 aromatic heterocycles. The summed E-state index contributed by atoms with van der Waals surface area (Å²) in [7, 11) is 0. The summed E-state index contributed by atoms with van der Waals surface area (Å²) in [5.41, 5.74) is 0. The fourth-order valence-corrected chi connectivity index (χ4v) is 9.23. The zero-order chi connectivity index (χ0) is 48.2. The SMILES string of the molecule is CCCCCCCCCCCCCCCCCC(=O)OC[C@H](COC(=O)CCCCCCCCCCCCCCCCCCCCC(C)C)OC(=O)CCCCCCCCCCCC(C)C. The van der Waals surface area contributed by atoms with E-state index in [0.29, 0.717) is 19.3 Å². The van der Waals surface area contributed by atoms with Gasteiger partial charge >= 0.3 is 17.9 Å². The average molecular weight is 934 g/mol. The molecular weight excluding hydrogens is 817 g/mol. The van der Waals surface area contributed by atoms with Crippen molar-refractivity contribution in [3.05, 3.63) is 0 Å². The zero-order valence-electron chi connectivity index (χ0n) is 45.3. The van der Waals surface area contributed by atoms with Crippen LogP contribution in [0.5, 0.6) is 0 Å². The Morgan fingerprint density at radius 3 is 0.742 bits per heavy atom. The van der Waals surface area contributed by atoms with Crippen molar-refractivity contribution in [2.24, 2.45) is 11.8 Å². The molecule has 0 aromatic carbocycles. The second-order valence-corrected chi connectivity index (χ2v) is 21.6. The van der Waals surface area contributed by atoms with E-state index in [1.807, 2.05) is 0 Å². The Hall–Kier alpha value is -1.59. The third-order valence-corrected chi connectivity index (χ3v) is 13.7. The maximum Gasteiger partial charge on any atom is 0.306 e. The monoisotopic (exact) mass is 933 g/mol. The van der Waals surface area contributed by atoms with E-state index in [1.54, 1.807) is 0 Å². The molecule has 0 aromatic rings. The summed E-state index contributed by atoms with van der Waals surface area (Å²) in [6.07, 6.45) is 56.7. The Bertz CT molecular complexity index is 1010. The first-order chi connectivity index (χ1) is 32.2. The van der Waals surface area contributed by atoms with Crippen molar-refractivity contribution in [1.29, 1.82) is 0 Å². The molecule has 1 atom stereocenters. The van der Waals surface area contributed by atoms with Crippen molar-refractivity contribution in [2.75, 3.05) is 13.2 Å². The molecule has 66 heavy (non-hydrogen) atoms. The molecule has 392 valence electrons. The summed E-state index contributed by atoms with van der Waals surface area (Å²) in [4.78, 5) is 38.1. The van der Waals surface area contributed by atoms with Gasteiger partial charge < -0.3 is 14.2 Å². The zero-order valence-corrected chi connectivity index (χ0v) is 45.3. The van der Waals surface area contributed by atoms with Crippen LogP contribution in [0.4, 0.5) is 0 Å². The maximum atomic E-state index is 12.8. The van der Waals surface area contributed by atoms with Crippen LogP contribution in [0.25, 0.3) is 0 Å². The number of esters is 3. The van der Waals surface area contributed by atoms with Crippen LogP contribution in [-0.4, -0.2) is 37.2 Å². The van der Waals surface area contributed by atoms with Gasteiger partial charge in [-0.3, -0.25) is 14.4 Å². The van der Waals surface area contributed by atoms with Crippen LogP contribution in [0, 0.1) is 11.8 Å². The van der Waals surface area contributed by atoms with Crippen molar-refractivity contribution >= 4 is 17.9 Å². The highest BCUT2D eigenvalue weighted by Gasteiger charge is 2.19. The lowest BCUT2D eigenvalue weighted by Crippen LogP contribution is -2.30. The van der Waals surface area contributed by atoms with Crippen LogP contribution in [0.1, 0.15) is 336 Å². The highest BCUT2D eigenvalue weighted by atomic mass is 16.6. The molecule has 0 aliphatic carbocycles. The van der Waals surface area contributed by atoms with Crippen molar-refractivity contribution in [3.8, 4) is 0 Å². The van der Waals surface area contributed by atoms with E-state index in [-0.39, 0.29) is 31.1 Å². The van der Waals surface area contributed by atoms with Crippen LogP contribution in [0.3, 0.4) is 0 Å². The number of carbonyl (C=O) groups is 3. The van der Waals surface area contributed by atoms with E-state index < -0.39 is 6.10 Å². The molecule has 0 saturated heterocycles. The molecule has 0 bridgehead atoms. The van der Waals surface area contributed by atoms with Gasteiger partial charge in [-0.05, 0) is 31.1 Å². The molecule has 0 spiro atoms. The first kappa shape index (κ1) is 64.4. The summed E-state index contributed by atoms with van der Waals surface area (Å²) in [6, 6.07) is 0. The lowest BCUT2D eigenvalue weighted by atomic mass is 10.0. The average Bonchev–Trinajstić information content (AvgIpc) is 3.29. The summed E-state index contributed by atoms with van der Waals surface area (Å²) in [5.74, 6) is 0.826. The standard InChI is InChI=1S/C60H116O6/c1-6-7-8-9-10-11-12-13-18-22-25-30-35-40-45-50-58(61)64-53-57(66-60(63)52-47-42-37-32-27-29-34-39-44-49-56(4)5)54-65-59(62)51-46-41-36-31-26-23-20-17-15-14-16-19-21-24-28-33-38-43-48-55(2)3/h55-57H,6-54H2,1-5H3/t57-/m1/s1. The second kappa shape index (κ2) is 52.8. The molecule has 6 nitrogen and oxygen atoms in total. The smallest absolute Gasteiger partial charge is 0.306 e. The van der Waals surface area contributed by atoms with Gasteiger partial charge in [0.25, 0.3) is 0 Å². The van der Waals surface area contributed by atoms with Crippen LogP contribution < -0.4 is 0 Å². The molecule has 0 radical (unpaired) electrons. The fraction of sp³-hybridized carbons (Fsp3) is 0.950. The van der Waals surface area contributed by atoms with Gasteiger partial charge in [0.05, 0.1) is 0 Å². The van der Waals surface area contributed by atoms with Crippen molar-refractivity contribution in [3.63, 3.8) is 0 Å². The molecule has 0 heterocycles. The molecule has 0 fully saturated rings. The highest BCUT2D eigenvalue weighted by Crippen LogP contribution is 2.18. The number of unbranched alkanes of at least 4 members (excludes halogenated alkanes) is 39. The molecule has 0 N–H and O–H groups in total. The third kappa shape index (κ3) is 53.4. The third-order valence-electron chi connectivity index (χ3n) is 13.7. The molecule has 0 unspecified atom stereocenters. The number of hydrogen-bond acceptors (Lipinski definition) is 6. The van der Waals surface area contributed by atoms with Gasteiger partial charge in [-0.1, -0.05) is 298 Å². The van der Waals surface area contributed by atoms with Crippen LogP contribution in [0.2, 0.25) is 0 Å². The van der Waals surface area contributed by atoms with Gasteiger partial charge in [0, 0.05) is 19.3 Å². The Labute approximate surface area is 412 Å². The van der Waals surface area contributed by atoms with E-state index >= 15 is 0 Å². The van der Waals surface area contributed by atoms with E-state index in [4.69, 9.17) is 14.2 Å². The predicted octanol–water partition coefficient (Wildman–Crippen LogP) is 19.7. The van der Waals surface area contributed by atoms with Crippen molar-refractivity contribution in [1.82, 2.24) is 0 Å². The Morgan fingerprint density at radius 2 is 0.500 bits per heavy atom. The van der Waals surface area contributed by atoms with E-state index in [0.717, 1.165) is 69.6 Å². The minimum absolute atomic E-state index is 0.0628. The Morgan fingerprint density at radius 1 is 0.288 bits per heavy atom. The maximum absolute atomic E-state index is 12.8. The lowest BCUT2D eigenvalue weighted by molar-refractivity contribution is -0.167.